The van der Waals surface area contributed by atoms with Gasteiger partial charge in [0.25, 0.3) is 0 Å². The molecule has 2 atom stereocenters. The first-order chi connectivity index (χ1) is 16.0. The van der Waals surface area contributed by atoms with Crippen molar-refractivity contribution in [1.29, 1.82) is 0 Å². The van der Waals surface area contributed by atoms with Crippen molar-refractivity contribution in [2.75, 3.05) is 11.9 Å². The molecule has 2 amide bonds. The molecule has 34 heavy (non-hydrogen) atoms. The lowest BCUT2D eigenvalue weighted by Crippen LogP contribution is -2.52. The molecule has 1 heterocycles. The molecule has 178 valence electrons. The van der Waals surface area contributed by atoms with Crippen molar-refractivity contribution in [2.45, 2.75) is 57.2 Å². The third kappa shape index (κ3) is 4.82. The van der Waals surface area contributed by atoms with Crippen LogP contribution in [0.2, 0.25) is 0 Å². The lowest BCUT2D eigenvalue weighted by Gasteiger charge is -2.28. The zero-order valence-electron chi connectivity index (χ0n) is 19.7. The van der Waals surface area contributed by atoms with Gasteiger partial charge in [0.2, 0.25) is 11.8 Å². The third-order valence-electron chi connectivity index (χ3n) is 7.04. The molecule has 3 aromatic rings. The number of nitrogens with zero attached hydrogens (tertiary/aromatic N) is 1. The zero-order chi connectivity index (χ0) is 22.9. The van der Waals surface area contributed by atoms with E-state index in [4.69, 9.17) is 0 Å². The van der Waals surface area contributed by atoms with E-state index in [-0.39, 0.29) is 30.3 Å². The maximum atomic E-state index is 13.8. The molecule has 5 rings (SSSR count). The number of halogens is 1. The fourth-order valence-electron chi connectivity index (χ4n) is 4.81. The number of likely N-dealkylation sites (N-methyl/N-ethyl adjacent to an activating group) is 1. The number of anilines is 1. The van der Waals surface area contributed by atoms with Crippen LogP contribution in [0.5, 0.6) is 0 Å². The Kier molecular flexibility index (Phi) is 7.24. The summed E-state index contributed by atoms with van der Waals surface area (Å²) in [5, 5.41) is 8.36. The fraction of sp³-hybridized carbons (Fsp3) is 0.357. The highest BCUT2D eigenvalue weighted by molar-refractivity contribution is 6.01. The molecule has 1 fully saturated rings. The number of nitrogens with one attached hydrogen (secondary N) is 2. The van der Waals surface area contributed by atoms with Crippen molar-refractivity contribution in [2.24, 2.45) is 0 Å². The summed E-state index contributed by atoms with van der Waals surface area (Å²) in [4.78, 5) is 28.3. The summed E-state index contributed by atoms with van der Waals surface area (Å²) in [7, 11) is 1.75. The molecule has 1 aliphatic carbocycles. The highest BCUT2D eigenvalue weighted by Gasteiger charge is 2.33. The van der Waals surface area contributed by atoms with Gasteiger partial charge in [-0.05, 0) is 79.1 Å². The van der Waals surface area contributed by atoms with Gasteiger partial charge in [-0.1, -0.05) is 54.6 Å². The van der Waals surface area contributed by atoms with Crippen LogP contribution < -0.4 is 15.5 Å². The van der Waals surface area contributed by atoms with E-state index in [1.165, 1.54) is 29.2 Å². The van der Waals surface area contributed by atoms with Gasteiger partial charge in [-0.15, -0.1) is 12.4 Å². The lowest BCUT2D eigenvalue weighted by molar-refractivity contribution is -0.128. The van der Waals surface area contributed by atoms with Crippen molar-refractivity contribution < 1.29 is 9.59 Å². The Hall–Kier alpha value is -2.89. The molecule has 3 aromatic carbocycles. The van der Waals surface area contributed by atoms with Gasteiger partial charge in [0, 0.05) is 5.69 Å². The van der Waals surface area contributed by atoms with Crippen LogP contribution in [0.15, 0.2) is 60.7 Å². The predicted octanol–water partition coefficient (Wildman–Crippen LogP) is 4.71. The molecular weight excluding hydrogens is 446 g/mol. The molecule has 0 unspecified atom stereocenters. The van der Waals surface area contributed by atoms with Gasteiger partial charge in [-0.2, -0.15) is 0 Å². The molecule has 2 aliphatic rings. The molecule has 0 saturated heterocycles. The van der Waals surface area contributed by atoms with Crippen LogP contribution in [0, 0.1) is 0 Å². The molecule has 2 N–H and O–H groups in total. The Labute approximate surface area is 207 Å². The summed E-state index contributed by atoms with van der Waals surface area (Å²) in [6.07, 6.45) is 3.82. The number of aryl methyl sites for hydroxylation is 1. The van der Waals surface area contributed by atoms with Gasteiger partial charge in [0.1, 0.15) is 6.04 Å². The van der Waals surface area contributed by atoms with Crippen molar-refractivity contribution in [1.82, 2.24) is 10.6 Å². The normalized spacial score (nSPS) is 18.6. The number of benzene rings is 3. The molecule has 0 spiro atoms. The Morgan fingerprint density at radius 1 is 1.06 bits per heavy atom. The average Bonchev–Trinajstić information content (AvgIpc) is 3.70. The van der Waals surface area contributed by atoms with Crippen LogP contribution in [-0.4, -0.2) is 30.9 Å². The van der Waals surface area contributed by atoms with Crippen molar-refractivity contribution in [3.8, 4) is 0 Å². The van der Waals surface area contributed by atoms with Gasteiger partial charge in [0.05, 0.1) is 12.6 Å². The molecule has 6 heteroatoms. The minimum Gasteiger partial charge on any atom is -0.343 e. The van der Waals surface area contributed by atoms with Crippen molar-refractivity contribution in [3.05, 3.63) is 77.4 Å². The Morgan fingerprint density at radius 3 is 2.56 bits per heavy atom. The second kappa shape index (κ2) is 10.2. The number of para-hydroxylation sites is 1. The number of rotatable bonds is 6. The van der Waals surface area contributed by atoms with Crippen LogP contribution in [0.25, 0.3) is 10.8 Å². The summed E-state index contributed by atoms with van der Waals surface area (Å²) in [5.74, 6) is 0.441. The first-order valence-corrected chi connectivity index (χ1v) is 11.9. The Bertz CT molecular complexity index is 1210. The maximum absolute atomic E-state index is 13.8. The van der Waals surface area contributed by atoms with Crippen LogP contribution in [0.4, 0.5) is 5.69 Å². The van der Waals surface area contributed by atoms with E-state index < -0.39 is 6.04 Å². The van der Waals surface area contributed by atoms with Gasteiger partial charge in [-0.3, -0.25) is 9.59 Å². The van der Waals surface area contributed by atoms with Crippen LogP contribution in [0.1, 0.15) is 48.8 Å². The predicted molar refractivity (Wildman–Crippen MR) is 140 cm³/mol. The average molecular weight is 478 g/mol. The molecule has 0 radical (unpaired) electrons. The smallest absolute Gasteiger partial charge is 0.249 e. The topological polar surface area (TPSA) is 61.4 Å². The fourth-order valence-corrected chi connectivity index (χ4v) is 4.81. The minimum absolute atomic E-state index is 0. The van der Waals surface area contributed by atoms with Gasteiger partial charge in [-0.25, -0.2) is 0 Å². The monoisotopic (exact) mass is 477 g/mol. The van der Waals surface area contributed by atoms with Crippen molar-refractivity contribution >= 4 is 40.7 Å². The number of fused-ring (bicyclic) bond motifs is 2. The van der Waals surface area contributed by atoms with Crippen LogP contribution >= 0.6 is 12.4 Å². The summed E-state index contributed by atoms with van der Waals surface area (Å²) >= 11 is 0. The highest BCUT2D eigenvalue weighted by atomic mass is 35.5. The molecule has 5 nitrogen and oxygen atoms in total. The second-order valence-electron chi connectivity index (χ2n) is 9.34. The van der Waals surface area contributed by atoms with Gasteiger partial charge >= 0.3 is 0 Å². The Balaban J connectivity index is 0.00000274. The van der Waals surface area contributed by atoms with E-state index in [0.717, 1.165) is 23.2 Å². The van der Waals surface area contributed by atoms with E-state index in [1.54, 1.807) is 14.0 Å². The molecule has 0 aromatic heterocycles. The van der Waals surface area contributed by atoms with E-state index in [9.17, 15) is 9.59 Å². The molecule has 0 bridgehead atoms. The first kappa shape index (κ1) is 24.2. The maximum Gasteiger partial charge on any atom is 0.249 e. The zero-order valence-corrected chi connectivity index (χ0v) is 20.5. The number of carbonyl (C=O) groups is 2. The standard InChI is InChI=1S/C28H31N3O2.ClH/c1-18(29-2)27(32)30-25-14-13-20-7-4-6-10-26(20)31(28(25)33)17-23-16-22(19-11-12-19)15-21-8-3-5-9-24(21)23;/h3-10,15-16,18-19,25,29H,11-14,17H2,1-2H3,(H,30,32);1H/t18-,25-;/m0./s1. The largest absolute Gasteiger partial charge is 0.343 e. The highest BCUT2D eigenvalue weighted by Crippen LogP contribution is 2.42. The number of hydrogen-bond acceptors (Lipinski definition) is 3. The Morgan fingerprint density at radius 2 is 1.79 bits per heavy atom. The van der Waals surface area contributed by atoms with Crippen LogP contribution in [0.3, 0.4) is 0 Å². The molecule has 1 saturated carbocycles. The summed E-state index contributed by atoms with van der Waals surface area (Å²) < 4.78 is 0. The van der Waals surface area contributed by atoms with E-state index in [0.29, 0.717) is 18.9 Å². The summed E-state index contributed by atoms with van der Waals surface area (Å²) in [5.41, 5.74) is 4.62. The number of carbonyl (C=O) groups excluding carboxylic acids is 2. The summed E-state index contributed by atoms with van der Waals surface area (Å²) in [6.45, 7) is 2.30. The first-order valence-electron chi connectivity index (χ1n) is 11.9. The second-order valence-corrected chi connectivity index (χ2v) is 9.34. The third-order valence-corrected chi connectivity index (χ3v) is 7.04. The summed E-state index contributed by atoms with van der Waals surface area (Å²) in [6, 6.07) is 20.3. The van der Waals surface area contributed by atoms with Crippen molar-refractivity contribution in [3.63, 3.8) is 0 Å². The SMILES string of the molecule is CN[C@@H](C)C(=O)N[C@H]1CCc2ccccc2N(Cc2cc(C3CC3)cc3ccccc23)C1=O.Cl. The van der Waals surface area contributed by atoms with Crippen LogP contribution in [-0.2, 0) is 22.6 Å². The minimum atomic E-state index is -0.543. The van der Waals surface area contributed by atoms with Gasteiger partial charge < -0.3 is 15.5 Å². The van der Waals surface area contributed by atoms with E-state index in [1.807, 2.05) is 23.1 Å². The molecular formula is C28H32ClN3O2. The molecule has 1 aliphatic heterocycles. The van der Waals surface area contributed by atoms with Gasteiger partial charge in [0.15, 0.2) is 0 Å². The quantitative estimate of drug-likeness (QED) is 0.540. The lowest BCUT2D eigenvalue weighted by atomic mass is 9.98. The number of amides is 2. The van der Waals surface area contributed by atoms with E-state index in [2.05, 4.69) is 53.1 Å². The number of hydrogen-bond donors (Lipinski definition) is 2. The van der Waals surface area contributed by atoms with E-state index >= 15 is 0 Å².